The maximum Gasteiger partial charge on any atom is 0.262 e. The van der Waals surface area contributed by atoms with E-state index >= 15 is 0 Å². The molecule has 0 aliphatic rings. The lowest BCUT2D eigenvalue weighted by Crippen LogP contribution is -2.29. The van der Waals surface area contributed by atoms with Crippen LogP contribution >= 0.6 is 0 Å². The number of hydrogen-bond donors (Lipinski definition) is 2. The van der Waals surface area contributed by atoms with Crippen LogP contribution in [0.4, 0.5) is 5.69 Å². The van der Waals surface area contributed by atoms with E-state index in [2.05, 4.69) is 10.6 Å². The van der Waals surface area contributed by atoms with Crippen molar-refractivity contribution < 1.29 is 14.3 Å². The van der Waals surface area contributed by atoms with E-state index in [0.717, 1.165) is 5.56 Å². The average molecular weight is 340 g/mol. The summed E-state index contributed by atoms with van der Waals surface area (Å²) < 4.78 is 5.46. The van der Waals surface area contributed by atoms with E-state index in [-0.39, 0.29) is 18.4 Å². The first kappa shape index (κ1) is 18.5. The van der Waals surface area contributed by atoms with Crippen LogP contribution in [0.1, 0.15) is 29.8 Å². The van der Waals surface area contributed by atoms with Gasteiger partial charge in [0.05, 0.1) is 11.3 Å². The largest absolute Gasteiger partial charge is 0.484 e. The molecule has 2 rings (SSSR count). The Morgan fingerprint density at radius 3 is 2.40 bits per heavy atom. The predicted octanol–water partition coefficient (Wildman–Crippen LogP) is 3.40. The molecule has 0 aromatic heterocycles. The molecule has 0 unspecified atom stereocenters. The Morgan fingerprint density at radius 1 is 1.04 bits per heavy atom. The van der Waals surface area contributed by atoms with Crippen LogP contribution in [0.5, 0.6) is 5.75 Å². The van der Waals surface area contributed by atoms with Crippen LogP contribution in [0, 0.1) is 12.8 Å². The molecule has 0 heterocycles. The normalized spacial score (nSPS) is 10.4. The lowest BCUT2D eigenvalue weighted by Gasteiger charge is -2.13. The molecule has 0 spiro atoms. The van der Waals surface area contributed by atoms with Gasteiger partial charge in [-0.2, -0.15) is 0 Å². The summed E-state index contributed by atoms with van der Waals surface area (Å²) in [6.07, 6.45) is 0. The second-order valence-electron chi connectivity index (χ2n) is 6.30. The molecule has 0 saturated heterocycles. The summed E-state index contributed by atoms with van der Waals surface area (Å²) in [6.45, 7) is 6.49. The highest BCUT2D eigenvalue weighted by Gasteiger charge is 2.13. The number of benzene rings is 2. The molecule has 0 aliphatic heterocycles. The first-order chi connectivity index (χ1) is 12.0. The zero-order valence-electron chi connectivity index (χ0n) is 14.8. The van der Waals surface area contributed by atoms with Crippen molar-refractivity contribution in [2.45, 2.75) is 20.8 Å². The van der Waals surface area contributed by atoms with Gasteiger partial charge in [-0.15, -0.1) is 0 Å². The van der Waals surface area contributed by atoms with E-state index in [4.69, 9.17) is 4.74 Å². The highest BCUT2D eigenvalue weighted by atomic mass is 16.5. The van der Waals surface area contributed by atoms with Gasteiger partial charge < -0.3 is 15.4 Å². The van der Waals surface area contributed by atoms with Crippen LogP contribution in [0.3, 0.4) is 0 Å². The highest BCUT2D eigenvalue weighted by molar-refractivity contribution is 6.04. The molecule has 25 heavy (non-hydrogen) atoms. The molecule has 2 aromatic rings. The van der Waals surface area contributed by atoms with E-state index in [1.165, 1.54) is 0 Å². The molecule has 0 radical (unpaired) electrons. The second kappa shape index (κ2) is 8.87. The summed E-state index contributed by atoms with van der Waals surface area (Å²) in [4.78, 5) is 24.4. The van der Waals surface area contributed by atoms with Gasteiger partial charge in [0.15, 0.2) is 6.61 Å². The van der Waals surface area contributed by atoms with Gasteiger partial charge in [0, 0.05) is 6.54 Å². The molecule has 2 aromatic carbocycles. The van der Waals surface area contributed by atoms with Gasteiger partial charge in [-0.3, -0.25) is 9.59 Å². The van der Waals surface area contributed by atoms with Gasteiger partial charge in [-0.1, -0.05) is 43.7 Å². The standard InChI is InChI=1S/C20H24N2O3/c1-14(2)12-21-20(24)17-6-4-5-7-18(17)22-19(23)13-25-16-10-8-15(3)9-11-16/h4-11,14H,12-13H2,1-3H3,(H,21,24)(H,22,23). The number of ether oxygens (including phenoxy) is 1. The van der Waals surface area contributed by atoms with Crippen LogP contribution in [-0.4, -0.2) is 25.0 Å². The van der Waals surface area contributed by atoms with Gasteiger partial charge >= 0.3 is 0 Å². The summed E-state index contributed by atoms with van der Waals surface area (Å²) >= 11 is 0. The van der Waals surface area contributed by atoms with E-state index in [0.29, 0.717) is 29.5 Å². The van der Waals surface area contributed by atoms with E-state index in [1.807, 2.05) is 45.0 Å². The van der Waals surface area contributed by atoms with Crippen molar-refractivity contribution >= 4 is 17.5 Å². The Bertz CT molecular complexity index is 724. The van der Waals surface area contributed by atoms with Crippen LogP contribution in [0.15, 0.2) is 48.5 Å². The number of para-hydroxylation sites is 1. The van der Waals surface area contributed by atoms with Crippen molar-refractivity contribution in [3.63, 3.8) is 0 Å². The molecule has 5 nitrogen and oxygen atoms in total. The molecule has 0 saturated carbocycles. The molecule has 0 fully saturated rings. The minimum Gasteiger partial charge on any atom is -0.484 e. The fourth-order valence-corrected chi connectivity index (χ4v) is 2.15. The topological polar surface area (TPSA) is 67.4 Å². The van der Waals surface area contributed by atoms with Crippen molar-refractivity contribution in [3.05, 3.63) is 59.7 Å². The number of hydrogen-bond acceptors (Lipinski definition) is 3. The van der Waals surface area contributed by atoms with Crippen LogP contribution < -0.4 is 15.4 Å². The van der Waals surface area contributed by atoms with Crippen LogP contribution in [0.2, 0.25) is 0 Å². The van der Waals surface area contributed by atoms with Gasteiger partial charge in [-0.05, 0) is 37.1 Å². The smallest absolute Gasteiger partial charge is 0.262 e. The average Bonchev–Trinajstić information content (AvgIpc) is 2.59. The zero-order chi connectivity index (χ0) is 18.2. The third kappa shape index (κ3) is 5.95. The Morgan fingerprint density at radius 2 is 1.72 bits per heavy atom. The molecule has 2 amide bonds. The predicted molar refractivity (Wildman–Crippen MR) is 98.9 cm³/mol. The van der Waals surface area contributed by atoms with Gasteiger partial charge in [-0.25, -0.2) is 0 Å². The maximum absolute atomic E-state index is 12.3. The number of nitrogens with one attached hydrogen (secondary N) is 2. The minimum absolute atomic E-state index is 0.120. The SMILES string of the molecule is Cc1ccc(OCC(=O)Nc2ccccc2C(=O)NCC(C)C)cc1. The lowest BCUT2D eigenvalue weighted by molar-refractivity contribution is -0.118. The van der Waals surface area contributed by atoms with Crippen molar-refractivity contribution in [3.8, 4) is 5.75 Å². The quantitative estimate of drug-likeness (QED) is 0.812. The zero-order valence-corrected chi connectivity index (χ0v) is 14.8. The van der Waals surface area contributed by atoms with E-state index in [9.17, 15) is 9.59 Å². The molecule has 132 valence electrons. The molecule has 2 N–H and O–H groups in total. The number of aryl methyl sites for hydroxylation is 1. The number of amides is 2. The molecular formula is C20H24N2O3. The molecule has 0 bridgehead atoms. The van der Waals surface area contributed by atoms with E-state index < -0.39 is 0 Å². The molecular weight excluding hydrogens is 316 g/mol. The maximum atomic E-state index is 12.3. The molecule has 0 aliphatic carbocycles. The Labute approximate surface area is 148 Å². The van der Waals surface area contributed by atoms with Gasteiger partial charge in [0.2, 0.25) is 0 Å². The monoisotopic (exact) mass is 340 g/mol. The van der Waals surface area contributed by atoms with Crippen molar-refractivity contribution in [1.29, 1.82) is 0 Å². The van der Waals surface area contributed by atoms with Crippen LogP contribution in [-0.2, 0) is 4.79 Å². The van der Waals surface area contributed by atoms with E-state index in [1.54, 1.807) is 24.3 Å². The number of anilines is 1. The van der Waals surface area contributed by atoms with Crippen molar-refractivity contribution in [2.75, 3.05) is 18.5 Å². The Kier molecular flexibility index (Phi) is 6.57. The fourth-order valence-electron chi connectivity index (χ4n) is 2.15. The number of rotatable bonds is 7. The Balaban J connectivity index is 1.96. The van der Waals surface area contributed by atoms with Gasteiger partial charge in [0.1, 0.15) is 5.75 Å². The second-order valence-corrected chi connectivity index (χ2v) is 6.30. The summed E-state index contributed by atoms with van der Waals surface area (Å²) in [5.41, 5.74) is 2.03. The summed E-state index contributed by atoms with van der Waals surface area (Å²) in [5, 5.41) is 5.59. The Hall–Kier alpha value is -2.82. The first-order valence-corrected chi connectivity index (χ1v) is 8.32. The highest BCUT2D eigenvalue weighted by Crippen LogP contribution is 2.16. The molecule has 5 heteroatoms. The van der Waals surface area contributed by atoms with Crippen LogP contribution in [0.25, 0.3) is 0 Å². The summed E-state index contributed by atoms with van der Waals surface area (Å²) in [5.74, 6) is 0.464. The minimum atomic E-state index is -0.315. The molecule has 0 atom stereocenters. The van der Waals surface area contributed by atoms with Crippen molar-refractivity contribution in [2.24, 2.45) is 5.92 Å². The fraction of sp³-hybridized carbons (Fsp3) is 0.300. The summed E-state index contributed by atoms with van der Waals surface area (Å²) in [6, 6.07) is 14.4. The number of carbonyl (C=O) groups excluding carboxylic acids is 2. The first-order valence-electron chi connectivity index (χ1n) is 8.32. The lowest BCUT2D eigenvalue weighted by atomic mass is 10.1. The third-order valence-electron chi connectivity index (χ3n) is 3.51. The third-order valence-corrected chi connectivity index (χ3v) is 3.51. The number of carbonyl (C=O) groups is 2. The summed E-state index contributed by atoms with van der Waals surface area (Å²) in [7, 11) is 0. The van der Waals surface area contributed by atoms with Gasteiger partial charge in [0.25, 0.3) is 11.8 Å². The van der Waals surface area contributed by atoms with Crippen molar-refractivity contribution in [1.82, 2.24) is 5.32 Å².